The Labute approximate surface area is 166 Å². The molecule has 0 unspecified atom stereocenters. The Morgan fingerprint density at radius 1 is 1.41 bits per heavy atom. The van der Waals surface area contributed by atoms with E-state index in [0.29, 0.717) is 18.0 Å². The molecule has 0 aliphatic carbocycles. The molecule has 0 spiro atoms. The standard InChI is InChI=1S/C18H23F3N6O2/c1-4-5-8-29-17-25-15(22)14-16(26-17)27(10-13(28)24-14)9-11(2)6-7-12(23-3)18(19,20)21/h6-7H,3-5,8-10H2,1-2H3,(H,24,28)(H2,22,25,26)/b11-6+,12-7-. The monoisotopic (exact) mass is 412 g/mol. The molecule has 1 aromatic rings. The Kier molecular flexibility index (Phi) is 7.18. The number of halogens is 3. The van der Waals surface area contributed by atoms with E-state index in [1.54, 1.807) is 11.8 Å². The van der Waals surface area contributed by atoms with Crippen LogP contribution in [0.2, 0.25) is 0 Å². The number of hydrogen-bond donors (Lipinski definition) is 2. The van der Waals surface area contributed by atoms with Gasteiger partial charge in [0, 0.05) is 6.54 Å². The van der Waals surface area contributed by atoms with E-state index in [2.05, 4.69) is 27.0 Å². The Morgan fingerprint density at radius 3 is 2.76 bits per heavy atom. The number of carbonyl (C=O) groups is 1. The predicted molar refractivity (Wildman–Crippen MR) is 105 cm³/mol. The number of rotatable bonds is 8. The molecule has 2 rings (SSSR count). The lowest BCUT2D eigenvalue weighted by atomic mass is 10.2. The molecule has 158 valence electrons. The zero-order valence-electron chi connectivity index (χ0n) is 16.2. The van der Waals surface area contributed by atoms with Crippen LogP contribution in [0, 0.1) is 0 Å². The number of amides is 1. The number of nitrogens with zero attached hydrogens (tertiary/aromatic N) is 4. The van der Waals surface area contributed by atoms with Crippen molar-refractivity contribution >= 4 is 29.9 Å². The van der Waals surface area contributed by atoms with Gasteiger partial charge in [0.05, 0.1) is 13.2 Å². The molecule has 1 aromatic heterocycles. The van der Waals surface area contributed by atoms with Crippen molar-refractivity contribution < 1.29 is 22.7 Å². The number of ether oxygens (including phenoxy) is 1. The highest BCUT2D eigenvalue weighted by atomic mass is 19.4. The number of nitrogen functional groups attached to an aromatic ring is 1. The van der Waals surface area contributed by atoms with E-state index >= 15 is 0 Å². The maximum absolute atomic E-state index is 12.8. The first-order chi connectivity index (χ1) is 13.7. The van der Waals surface area contributed by atoms with Gasteiger partial charge in [-0.25, -0.2) is 0 Å². The normalized spacial score (nSPS) is 15.1. The minimum Gasteiger partial charge on any atom is -0.463 e. The van der Waals surface area contributed by atoms with E-state index in [0.717, 1.165) is 18.9 Å². The molecule has 0 radical (unpaired) electrons. The molecule has 0 aromatic carbocycles. The first kappa shape index (κ1) is 22.2. The number of carbonyl (C=O) groups excluding carboxylic acids is 1. The van der Waals surface area contributed by atoms with Crippen LogP contribution in [0.4, 0.5) is 30.5 Å². The van der Waals surface area contributed by atoms with Crippen molar-refractivity contribution in [3.63, 3.8) is 0 Å². The fraction of sp³-hybridized carbons (Fsp3) is 0.444. The molecule has 29 heavy (non-hydrogen) atoms. The zero-order chi connectivity index (χ0) is 21.6. The molecule has 1 aliphatic rings. The van der Waals surface area contributed by atoms with Crippen LogP contribution in [-0.2, 0) is 4.79 Å². The number of allylic oxidation sites excluding steroid dienone is 3. The average Bonchev–Trinajstić information content (AvgIpc) is 2.62. The van der Waals surface area contributed by atoms with E-state index < -0.39 is 11.9 Å². The molecule has 3 N–H and O–H groups in total. The Morgan fingerprint density at radius 2 is 2.14 bits per heavy atom. The second-order valence-electron chi connectivity index (χ2n) is 6.42. The topological polar surface area (TPSA) is 106 Å². The number of anilines is 3. The van der Waals surface area contributed by atoms with Crippen molar-refractivity contribution in [2.75, 3.05) is 35.6 Å². The lowest BCUT2D eigenvalue weighted by molar-refractivity contribution is -0.115. The van der Waals surface area contributed by atoms with Gasteiger partial charge in [0.25, 0.3) is 0 Å². The smallest absolute Gasteiger partial charge is 0.433 e. The number of unbranched alkanes of at least 4 members (excludes halogenated alkanes) is 1. The molecular formula is C18H23F3N6O2. The predicted octanol–water partition coefficient (Wildman–Crippen LogP) is 3.09. The summed E-state index contributed by atoms with van der Waals surface area (Å²) in [6, 6.07) is 0.0765. The van der Waals surface area contributed by atoms with Crippen LogP contribution in [0.3, 0.4) is 0 Å². The van der Waals surface area contributed by atoms with Gasteiger partial charge in [-0.05, 0) is 26.1 Å². The summed E-state index contributed by atoms with van der Waals surface area (Å²) in [6.45, 7) is 7.09. The third-order valence-electron chi connectivity index (χ3n) is 3.95. The van der Waals surface area contributed by atoms with E-state index in [1.165, 1.54) is 6.08 Å². The summed E-state index contributed by atoms with van der Waals surface area (Å²) < 4.78 is 43.8. The lowest BCUT2D eigenvalue weighted by Crippen LogP contribution is -2.40. The molecule has 0 bridgehead atoms. The number of fused-ring (bicyclic) bond motifs is 1. The number of nitrogens with two attached hydrogens (primary N) is 1. The molecule has 0 fully saturated rings. The third kappa shape index (κ3) is 5.93. The van der Waals surface area contributed by atoms with Crippen LogP contribution in [0.1, 0.15) is 26.7 Å². The number of hydrogen-bond acceptors (Lipinski definition) is 7. The largest absolute Gasteiger partial charge is 0.463 e. The second kappa shape index (κ2) is 9.39. The number of aliphatic imine (C=N–C) groups is 1. The molecule has 0 atom stereocenters. The molecule has 11 heteroatoms. The molecule has 0 saturated carbocycles. The summed E-state index contributed by atoms with van der Waals surface area (Å²) in [5.74, 6) is 0.0639. The highest BCUT2D eigenvalue weighted by Gasteiger charge is 2.33. The minimum atomic E-state index is -4.59. The first-order valence-electron chi connectivity index (χ1n) is 8.92. The molecular weight excluding hydrogens is 389 g/mol. The summed E-state index contributed by atoms with van der Waals surface area (Å²) in [7, 11) is 0. The van der Waals surface area contributed by atoms with Gasteiger partial charge in [0.2, 0.25) is 5.91 Å². The zero-order valence-corrected chi connectivity index (χ0v) is 16.2. The van der Waals surface area contributed by atoms with Crippen LogP contribution in [0.15, 0.2) is 28.4 Å². The van der Waals surface area contributed by atoms with E-state index in [9.17, 15) is 18.0 Å². The van der Waals surface area contributed by atoms with Gasteiger partial charge in [0.15, 0.2) is 11.6 Å². The summed E-state index contributed by atoms with van der Waals surface area (Å²) in [4.78, 5) is 24.9. The Bertz CT molecular complexity index is 836. The van der Waals surface area contributed by atoms with Crippen LogP contribution in [0.5, 0.6) is 6.01 Å². The van der Waals surface area contributed by atoms with Gasteiger partial charge in [0.1, 0.15) is 11.4 Å². The third-order valence-corrected chi connectivity index (χ3v) is 3.95. The minimum absolute atomic E-state index is 0.0431. The van der Waals surface area contributed by atoms with Crippen molar-refractivity contribution in [1.29, 1.82) is 0 Å². The second-order valence-corrected chi connectivity index (χ2v) is 6.42. The van der Waals surface area contributed by atoms with Crippen molar-refractivity contribution in [1.82, 2.24) is 9.97 Å². The summed E-state index contributed by atoms with van der Waals surface area (Å²) in [5, 5.41) is 2.62. The van der Waals surface area contributed by atoms with Gasteiger partial charge in [-0.15, -0.1) is 0 Å². The lowest BCUT2D eigenvalue weighted by Gasteiger charge is -2.30. The van der Waals surface area contributed by atoms with Crippen molar-refractivity contribution in [3.8, 4) is 6.01 Å². The Balaban J connectivity index is 2.28. The maximum Gasteiger partial charge on any atom is 0.433 e. The quantitative estimate of drug-likeness (QED) is 0.386. The summed E-state index contributed by atoms with van der Waals surface area (Å²) in [5.41, 5.74) is 5.61. The van der Waals surface area contributed by atoms with E-state index in [4.69, 9.17) is 10.5 Å². The highest BCUT2D eigenvalue weighted by Crippen LogP contribution is 2.34. The van der Waals surface area contributed by atoms with Gasteiger partial charge in [-0.2, -0.15) is 23.1 Å². The van der Waals surface area contributed by atoms with Crippen molar-refractivity contribution in [3.05, 3.63) is 23.4 Å². The van der Waals surface area contributed by atoms with Crippen LogP contribution in [0.25, 0.3) is 0 Å². The molecule has 1 amide bonds. The number of alkyl halides is 3. The molecule has 0 saturated heterocycles. The first-order valence-corrected chi connectivity index (χ1v) is 8.92. The van der Waals surface area contributed by atoms with Gasteiger partial charge in [-0.1, -0.05) is 25.0 Å². The average molecular weight is 412 g/mol. The fourth-order valence-corrected chi connectivity index (χ4v) is 2.54. The van der Waals surface area contributed by atoms with Crippen LogP contribution >= 0.6 is 0 Å². The molecule has 8 nitrogen and oxygen atoms in total. The van der Waals surface area contributed by atoms with E-state index in [1.807, 2.05) is 6.92 Å². The SMILES string of the molecule is C=N/C(=C\C=C(/C)CN1CC(=O)Nc2c(N)nc(OCCCC)nc21)C(F)(F)F. The molecule has 2 heterocycles. The van der Waals surface area contributed by atoms with Gasteiger partial charge >= 0.3 is 12.2 Å². The summed E-state index contributed by atoms with van der Waals surface area (Å²) in [6.07, 6.45) is -0.746. The van der Waals surface area contributed by atoms with Gasteiger partial charge < -0.3 is 20.7 Å². The number of nitrogens with one attached hydrogen (secondary N) is 1. The molecule has 1 aliphatic heterocycles. The summed E-state index contributed by atoms with van der Waals surface area (Å²) >= 11 is 0. The van der Waals surface area contributed by atoms with Crippen LogP contribution in [-0.4, -0.2) is 48.5 Å². The van der Waals surface area contributed by atoms with Gasteiger partial charge in [-0.3, -0.25) is 9.79 Å². The fourth-order valence-electron chi connectivity index (χ4n) is 2.54. The van der Waals surface area contributed by atoms with Crippen molar-refractivity contribution in [2.45, 2.75) is 32.9 Å². The van der Waals surface area contributed by atoms with Crippen LogP contribution < -0.4 is 20.7 Å². The number of aromatic nitrogens is 2. The highest BCUT2D eigenvalue weighted by molar-refractivity contribution is 6.03. The van der Waals surface area contributed by atoms with E-state index in [-0.39, 0.29) is 36.5 Å². The Hall–Kier alpha value is -3.11. The maximum atomic E-state index is 12.8. The van der Waals surface area contributed by atoms with Crippen molar-refractivity contribution in [2.24, 2.45) is 4.99 Å².